The SMILES string of the molecule is COC(=O)CCSC(=O)NC(C)C. The van der Waals surface area contributed by atoms with Gasteiger partial charge in [0, 0.05) is 11.8 Å². The zero-order chi connectivity index (χ0) is 10.3. The quantitative estimate of drug-likeness (QED) is 0.705. The number of amides is 1. The number of ether oxygens (including phenoxy) is 1. The lowest BCUT2D eigenvalue weighted by atomic mass is 10.4. The lowest BCUT2D eigenvalue weighted by Gasteiger charge is -2.06. The third-order valence-corrected chi connectivity index (χ3v) is 1.96. The summed E-state index contributed by atoms with van der Waals surface area (Å²) in [6.07, 6.45) is 0.271. The molecule has 0 spiro atoms. The van der Waals surface area contributed by atoms with E-state index in [9.17, 15) is 9.59 Å². The van der Waals surface area contributed by atoms with E-state index in [1.54, 1.807) is 0 Å². The second kappa shape index (κ2) is 6.77. The fourth-order valence-electron chi connectivity index (χ4n) is 0.606. The largest absolute Gasteiger partial charge is 0.469 e. The van der Waals surface area contributed by atoms with Gasteiger partial charge >= 0.3 is 5.97 Å². The van der Waals surface area contributed by atoms with Gasteiger partial charge in [-0.15, -0.1) is 0 Å². The molecule has 0 rings (SSSR count). The normalized spacial score (nSPS) is 9.85. The number of thioether (sulfide) groups is 1. The molecule has 0 saturated carbocycles. The summed E-state index contributed by atoms with van der Waals surface area (Å²) in [6.45, 7) is 3.78. The second-order valence-electron chi connectivity index (χ2n) is 2.76. The molecule has 0 bridgehead atoms. The molecule has 0 aromatic heterocycles. The predicted octanol–water partition coefficient (Wildman–Crippen LogP) is 1.40. The van der Waals surface area contributed by atoms with Crippen molar-refractivity contribution in [1.29, 1.82) is 0 Å². The fourth-order valence-corrected chi connectivity index (χ4v) is 1.38. The molecule has 0 unspecified atom stereocenters. The van der Waals surface area contributed by atoms with E-state index in [0.29, 0.717) is 5.75 Å². The summed E-state index contributed by atoms with van der Waals surface area (Å²) in [5, 5.41) is 2.61. The van der Waals surface area contributed by atoms with Crippen molar-refractivity contribution >= 4 is 23.0 Å². The van der Waals surface area contributed by atoms with E-state index < -0.39 is 0 Å². The lowest BCUT2D eigenvalue weighted by molar-refractivity contribution is -0.140. The topological polar surface area (TPSA) is 55.4 Å². The Morgan fingerprint density at radius 3 is 2.54 bits per heavy atom. The Balaban J connectivity index is 3.42. The van der Waals surface area contributed by atoms with Crippen molar-refractivity contribution in [2.24, 2.45) is 0 Å². The van der Waals surface area contributed by atoms with Crippen LogP contribution in [-0.4, -0.2) is 30.1 Å². The first kappa shape index (κ1) is 12.3. The van der Waals surface area contributed by atoms with Crippen molar-refractivity contribution < 1.29 is 14.3 Å². The highest BCUT2D eigenvalue weighted by Crippen LogP contribution is 2.04. The molecule has 0 radical (unpaired) electrons. The first-order valence-corrected chi connectivity index (χ1v) is 5.05. The number of hydrogen-bond acceptors (Lipinski definition) is 4. The van der Waals surface area contributed by atoms with Crippen LogP contribution in [0.2, 0.25) is 0 Å². The van der Waals surface area contributed by atoms with Crippen LogP contribution in [0.1, 0.15) is 20.3 Å². The molecule has 0 aliphatic rings. The lowest BCUT2D eigenvalue weighted by Crippen LogP contribution is -2.26. The molecule has 0 saturated heterocycles. The maximum Gasteiger partial charge on any atom is 0.306 e. The van der Waals surface area contributed by atoms with E-state index in [0.717, 1.165) is 11.8 Å². The third kappa shape index (κ3) is 7.64. The van der Waals surface area contributed by atoms with Gasteiger partial charge in [-0.3, -0.25) is 9.59 Å². The minimum Gasteiger partial charge on any atom is -0.469 e. The Bertz CT molecular complexity index is 182. The molecule has 0 atom stereocenters. The van der Waals surface area contributed by atoms with Gasteiger partial charge in [0.15, 0.2) is 0 Å². The molecule has 0 aromatic carbocycles. The number of carbonyl (C=O) groups is 2. The molecular formula is C8H15NO3S. The highest BCUT2D eigenvalue weighted by molar-refractivity contribution is 8.13. The molecule has 0 aromatic rings. The van der Waals surface area contributed by atoms with Crippen LogP contribution in [0.15, 0.2) is 0 Å². The highest BCUT2D eigenvalue weighted by atomic mass is 32.2. The predicted molar refractivity (Wildman–Crippen MR) is 52.8 cm³/mol. The van der Waals surface area contributed by atoms with E-state index in [2.05, 4.69) is 10.1 Å². The van der Waals surface area contributed by atoms with E-state index in [1.165, 1.54) is 7.11 Å². The molecule has 1 N–H and O–H groups in total. The maximum atomic E-state index is 11.0. The molecule has 0 fully saturated rings. The van der Waals surface area contributed by atoms with Gasteiger partial charge in [-0.1, -0.05) is 11.8 Å². The van der Waals surface area contributed by atoms with Crippen molar-refractivity contribution in [2.45, 2.75) is 26.3 Å². The Hall–Kier alpha value is -0.710. The maximum absolute atomic E-state index is 11.0. The van der Waals surface area contributed by atoms with Crippen LogP contribution >= 0.6 is 11.8 Å². The van der Waals surface area contributed by atoms with Gasteiger partial charge in [0.1, 0.15) is 0 Å². The molecule has 1 amide bonds. The molecule has 0 aliphatic heterocycles. The van der Waals surface area contributed by atoms with Crippen LogP contribution in [0, 0.1) is 0 Å². The molecule has 13 heavy (non-hydrogen) atoms. The molecule has 0 aliphatic carbocycles. The molecule has 76 valence electrons. The number of methoxy groups -OCH3 is 1. The summed E-state index contributed by atoms with van der Waals surface area (Å²) in [7, 11) is 1.33. The van der Waals surface area contributed by atoms with Crippen LogP contribution in [0.5, 0.6) is 0 Å². The summed E-state index contributed by atoms with van der Waals surface area (Å²) in [5.41, 5.74) is 0. The Labute approximate surface area is 82.4 Å². The van der Waals surface area contributed by atoms with E-state index in [-0.39, 0.29) is 23.7 Å². The van der Waals surface area contributed by atoms with Crippen molar-refractivity contribution in [1.82, 2.24) is 5.32 Å². The van der Waals surface area contributed by atoms with Crippen molar-refractivity contribution in [2.75, 3.05) is 12.9 Å². The van der Waals surface area contributed by atoms with Crippen molar-refractivity contribution in [3.05, 3.63) is 0 Å². The van der Waals surface area contributed by atoms with Gasteiger partial charge in [0.25, 0.3) is 5.24 Å². The van der Waals surface area contributed by atoms with Crippen LogP contribution in [0.25, 0.3) is 0 Å². The summed E-state index contributed by atoms with van der Waals surface area (Å²) in [4.78, 5) is 21.7. The number of rotatable bonds is 4. The second-order valence-corrected chi connectivity index (χ2v) is 3.83. The standard InChI is InChI=1S/C8H15NO3S/c1-6(2)9-8(11)13-5-4-7(10)12-3/h6H,4-5H2,1-3H3,(H,9,11). The van der Waals surface area contributed by atoms with Crippen LogP contribution < -0.4 is 5.32 Å². The number of carbonyl (C=O) groups excluding carboxylic acids is 2. The minimum absolute atomic E-state index is 0.0982. The van der Waals surface area contributed by atoms with Crippen molar-refractivity contribution in [3.8, 4) is 0 Å². The number of nitrogens with one attached hydrogen (secondary N) is 1. The average Bonchev–Trinajstić information content (AvgIpc) is 2.02. The summed E-state index contributed by atoms with van der Waals surface area (Å²) >= 11 is 1.10. The molecule has 5 heteroatoms. The van der Waals surface area contributed by atoms with E-state index in [4.69, 9.17) is 0 Å². The monoisotopic (exact) mass is 205 g/mol. The zero-order valence-corrected chi connectivity index (χ0v) is 8.94. The first-order chi connectivity index (χ1) is 6.06. The first-order valence-electron chi connectivity index (χ1n) is 4.06. The minimum atomic E-state index is -0.287. The average molecular weight is 205 g/mol. The third-order valence-electron chi connectivity index (χ3n) is 1.17. The van der Waals surface area contributed by atoms with Gasteiger partial charge in [-0.05, 0) is 13.8 Å². The molecular weight excluding hydrogens is 190 g/mol. The van der Waals surface area contributed by atoms with E-state index in [1.807, 2.05) is 13.8 Å². The smallest absolute Gasteiger partial charge is 0.306 e. The fraction of sp³-hybridized carbons (Fsp3) is 0.750. The molecule has 4 nitrogen and oxygen atoms in total. The van der Waals surface area contributed by atoms with E-state index >= 15 is 0 Å². The molecule has 0 heterocycles. The van der Waals surface area contributed by atoms with Gasteiger partial charge in [0.2, 0.25) is 0 Å². The Morgan fingerprint density at radius 1 is 1.46 bits per heavy atom. The van der Waals surface area contributed by atoms with Crippen LogP contribution in [0.4, 0.5) is 4.79 Å². The summed E-state index contributed by atoms with van der Waals surface area (Å²) < 4.78 is 4.43. The highest BCUT2D eigenvalue weighted by Gasteiger charge is 2.05. The Kier molecular flexibility index (Phi) is 6.40. The van der Waals surface area contributed by atoms with Crippen molar-refractivity contribution in [3.63, 3.8) is 0 Å². The Morgan fingerprint density at radius 2 is 2.08 bits per heavy atom. The van der Waals surface area contributed by atoms with Gasteiger partial charge < -0.3 is 10.1 Å². The van der Waals surface area contributed by atoms with Crippen LogP contribution in [0.3, 0.4) is 0 Å². The number of esters is 1. The summed E-state index contributed by atoms with van der Waals surface area (Å²) in [5.74, 6) is 0.176. The summed E-state index contributed by atoms with van der Waals surface area (Å²) in [6, 6.07) is 0.137. The van der Waals surface area contributed by atoms with Gasteiger partial charge in [-0.25, -0.2) is 0 Å². The van der Waals surface area contributed by atoms with Gasteiger partial charge in [0.05, 0.1) is 13.5 Å². The van der Waals surface area contributed by atoms with Gasteiger partial charge in [-0.2, -0.15) is 0 Å². The number of hydrogen-bond donors (Lipinski definition) is 1. The zero-order valence-electron chi connectivity index (χ0n) is 8.12. The van der Waals surface area contributed by atoms with Crippen LogP contribution in [-0.2, 0) is 9.53 Å².